The predicted molar refractivity (Wildman–Crippen MR) is 32.8 cm³/mol. The first-order valence-corrected chi connectivity index (χ1v) is 3.69. The molecule has 0 aliphatic heterocycles. The van der Waals surface area contributed by atoms with Crippen molar-refractivity contribution < 1.29 is 19.0 Å². The fourth-order valence-corrected chi connectivity index (χ4v) is 0.611. The Morgan fingerprint density at radius 1 is 1.80 bits per heavy atom. The fraction of sp³-hybridized carbons (Fsp3) is 0.500. The molecule has 0 unspecified atom stereocenters. The minimum Gasteiger partial charge on any atom is -0.368 e. The van der Waals surface area contributed by atoms with Gasteiger partial charge in [0.1, 0.15) is 0 Å². The minimum absolute atomic E-state index is 0.473. The molecule has 0 spiro atoms. The topological polar surface area (TPSA) is 120 Å². The van der Waals surface area contributed by atoms with Crippen LogP contribution in [0.2, 0.25) is 0 Å². The quantitative estimate of drug-likeness (QED) is 0.179. The van der Waals surface area contributed by atoms with Crippen molar-refractivity contribution >= 4 is 13.8 Å². The van der Waals surface area contributed by atoms with Gasteiger partial charge in [-0.1, -0.05) is 0 Å². The van der Waals surface area contributed by atoms with Crippen molar-refractivity contribution in [3.05, 3.63) is 0 Å². The first-order chi connectivity index (χ1) is 4.33. The van der Waals surface area contributed by atoms with Gasteiger partial charge >= 0.3 is 7.82 Å². The van der Waals surface area contributed by atoms with Crippen LogP contribution in [-0.2, 0) is 9.19 Å². The SMILES string of the molecule is CN(OP(=O)(O)O)C(=N)N. The summed E-state index contributed by atoms with van der Waals surface area (Å²) in [4.78, 5) is 16.3. The normalized spacial score (nSPS) is 11.1. The van der Waals surface area contributed by atoms with Crippen LogP contribution in [-0.4, -0.2) is 27.9 Å². The van der Waals surface area contributed by atoms with Gasteiger partial charge in [0.25, 0.3) is 0 Å². The van der Waals surface area contributed by atoms with Crippen molar-refractivity contribution in [2.45, 2.75) is 0 Å². The molecule has 5 N–H and O–H groups in total. The molecule has 10 heavy (non-hydrogen) atoms. The Balaban J connectivity index is 3.93. The standard InChI is InChI=1S/C2H8N3O4P/c1-5(2(3)4)9-10(6,7)8/h1H3,(H3,3,4)(H2,6,7,8). The molecule has 8 heteroatoms. The fourth-order valence-electron chi connectivity index (χ4n) is 0.204. The molecule has 0 radical (unpaired) electrons. The Kier molecular flexibility index (Phi) is 2.79. The number of hydrogen-bond acceptors (Lipinski definition) is 3. The molecule has 60 valence electrons. The smallest absolute Gasteiger partial charge is 0.368 e. The van der Waals surface area contributed by atoms with Gasteiger partial charge in [-0.05, 0) is 0 Å². The van der Waals surface area contributed by atoms with E-state index < -0.39 is 13.8 Å². The van der Waals surface area contributed by atoms with Gasteiger partial charge in [0.2, 0.25) is 5.96 Å². The number of nitrogens with one attached hydrogen (secondary N) is 1. The molecular weight excluding hydrogens is 161 g/mol. The molecule has 0 rings (SSSR count). The van der Waals surface area contributed by atoms with Crippen molar-refractivity contribution in [3.63, 3.8) is 0 Å². The zero-order chi connectivity index (χ0) is 8.36. The molecule has 0 atom stereocenters. The maximum atomic E-state index is 10.0. The molecule has 0 heterocycles. The highest BCUT2D eigenvalue weighted by molar-refractivity contribution is 7.46. The molecule has 0 aromatic heterocycles. The second kappa shape index (κ2) is 2.98. The van der Waals surface area contributed by atoms with E-state index in [0.29, 0.717) is 5.06 Å². The lowest BCUT2D eigenvalue weighted by molar-refractivity contribution is 0.00791. The van der Waals surface area contributed by atoms with Gasteiger partial charge in [-0.15, -0.1) is 0 Å². The Bertz CT molecular complexity index is 175. The molecule has 0 saturated heterocycles. The maximum Gasteiger partial charge on any atom is 0.491 e. The van der Waals surface area contributed by atoms with Crippen LogP contribution in [0.5, 0.6) is 0 Å². The zero-order valence-electron chi connectivity index (χ0n) is 5.18. The number of hydrogen-bond donors (Lipinski definition) is 4. The van der Waals surface area contributed by atoms with Gasteiger partial charge in [-0.25, -0.2) is 9.63 Å². The Hall–Kier alpha value is -0.620. The number of rotatable bonds is 2. The lowest BCUT2D eigenvalue weighted by atomic mass is 11.0. The summed E-state index contributed by atoms with van der Waals surface area (Å²) in [5.74, 6) is -0.580. The summed E-state index contributed by atoms with van der Waals surface area (Å²) in [6.07, 6.45) is 0. The third-order valence-electron chi connectivity index (χ3n) is 0.568. The van der Waals surface area contributed by atoms with Gasteiger partial charge in [0, 0.05) is 7.05 Å². The molecular formula is C2H8N3O4P. The van der Waals surface area contributed by atoms with Crippen molar-refractivity contribution in [2.75, 3.05) is 7.05 Å². The van der Waals surface area contributed by atoms with Crippen LogP contribution in [0, 0.1) is 5.41 Å². The van der Waals surface area contributed by atoms with Crippen LogP contribution in [0.3, 0.4) is 0 Å². The van der Waals surface area contributed by atoms with E-state index in [0.717, 1.165) is 7.05 Å². The number of phosphoric acid groups is 1. The molecule has 0 aromatic carbocycles. The second-order valence-corrected chi connectivity index (χ2v) is 2.60. The first kappa shape index (κ1) is 9.38. The Labute approximate surface area is 57.1 Å². The summed E-state index contributed by atoms with van der Waals surface area (Å²) in [5, 5.41) is 7.09. The summed E-state index contributed by atoms with van der Waals surface area (Å²) < 4.78 is 13.9. The van der Waals surface area contributed by atoms with Gasteiger partial charge in [0.05, 0.1) is 0 Å². The highest BCUT2D eigenvalue weighted by Crippen LogP contribution is 2.36. The molecule has 0 aromatic rings. The maximum absolute atomic E-state index is 10.0. The molecule has 0 amide bonds. The van der Waals surface area contributed by atoms with Crippen LogP contribution in [0.15, 0.2) is 0 Å². The van der Waals surface area contributed by atoms with E-state index in [2.05, 4.69) is 4.62 Å². The summed E-state index contributed by atoms with van der Waals surface area (Å²) in [7, 11) is -3.46. The van der Waals surface area contributed by atoms with Crippen molar-refractivity contribution in [1.29, 1.82) is 5.41 Å². The summed E-state index contributed by atoms with van der Waals surface area (Å²) in [6.45, 7) is 0. The number of guanidine groups is 1. The van der Waals surface area contributed by atoms with Gasteiger partial charge in [-0.3, -0.25) is 5.41 Å². The monoisotopic (exact) mass is 169 g/mol. The van der Waals surface area contributed by atoms with Crippen LogP contribution in [0.25, 0.3) is 0 Å². The lowest BCUT2D eigenvalue weighted by Crippen LogP contribution is -2.31. The summed E-state index contributed by atoms with van der Waals surface area (Å²) in [5.41, 5.74) is 4.78. The number of nitrogens with two attached hydrogens (primary N) is 1. The number of nitrogens with zero attached hydrogens (tertiary/aromatic N) is 1. The van der Waals surface area contributed by atoms with Gasteiger partial charge < -0.3 is 15.5 Å². The van der Waals surface area contributed by atoms with E-state index >= 15 is 0 Å². The van der Waals surface area contributed by atoms with Crippen molar-refractivity contribution in [2.24, 2.45) is 5.73 Å². The summed E-state index contributed by atoms with van der Waals surface area (Å²) >= 11 is 0. The van der Waals surface area contributed by atoms with E-state index in [1.165, 1.54) is 0 Å². The molecule has 0 aliphatic rings. The largest absolute Gasteiger partial charge is 0.491 e. The highest BCUT2D eigenvalue weighted by Gasteiger charge is 2.18. The number of hydroxylamine groups is 2. The molecule has 0 saturated carbocycles. The van der Waals surface area contributed by atoms with Crippen molar-refractivity contribution in [3.8, 4) is 0 Å². The minimum atomic E-state index is -4.57. The van der Waals surface area contributed by atoms with E-state index in [1.807, 2.05) is 0 Å². The first-order valence-electron chi connectivity index (χ1n) is 2.16. The van der Waals surface area contributed by atoms with E-state index in [4.69, 9.17) is 20.9 Å². The van der Waals surface area contributed by atoms with E-state index in [9.17, 15) is 4.57 Å². The van der Waals surface area contributed by atoms with Crippen LogP contribution in [0.1, 0.15) is 0 Å². The van der Waals surface area contributed by atoms with E-state index in [1.54, 1.807) is 0 Å². The molecule has 0 fully saturated rings. The Morgan fingerprint density at radius 2 is 2.20 bits per heavy atom. The average Bonchev–Trinajstić information content (AvgIpc) is 1.60. The van der Waals surface area contributed by atoms with Crippen LogP contribution < -0.4 is 5.73 Å². The third kappa shape index (κ3) is 4.28. The lowest BCUT2D eigenvalue weighted by Gasteiger charge is -2.15. The summed E-state index contributed by atoms with van der Waals surface area (Å²) in [6, 6.07) is 0. The molecule has 7 nitrogen and oxygen atoms in total. The zero-order valence-corrected chi connectivity index (χ0v) is 6.08. The average molecular weight is 169 g/mol. The second-order valence-electron chi connectivity index (χ2n) is 1.45. The third-order valence-corrected chi connectivity index (χ3v) is 1.03. The highest BCUT2D eigenvalue weighted by atomic mass is 31.2. The van der Waals surface area contributed by atoms with Gasteiger partial charge in [-0.2, -0.15) is 4.62 Å². The Morgan fingerprint density at radius 3 is 2.30 bits per heavy atom. The van der Waals surface area contributed by atoms with Gasteiger partial charge in [0.15, 0.2) is 0 Å². The van der Waals surface area contributed by atoms with E-state index in [-0.39, 0.29) is 0 Å². The molecule has 0 aliphatic carbocycles. The molecule has 0 bridgehead atoms. The van der Waals surface area contributed by atoms with Crippen LogP contribution in [0.4, 0.5) is 0 Å². The van der Waals surface area contributed by atoms with Crippen molar-refractivity contribution in [1.82, 2.24) is 5.06 Å². The predicted octanol–water partition coefficient (Wildman–Crippen LogP) is -1.16. The van der Waals surface area contributed by atoms with Crippen LogP contribution >= 0.6 is 7.82 Å².